The van der Waals surface area contributed by atoms with Crippen molar-refractivity contribution < 1.29 is 9.21 Å². The van der Waals surface area contributed by atoms with Gasteiger partial charge in [-0.2, -0.15) is 0 Å². The first-order valence-corrected chi connectivity index (χ1v) is 4.93. The predicted molar refractivity (Wildman–Crippen MR) is 62.2 cm³/mol. The van der Waals surface area contributed by atoms with E-state index in [9.17, 15) is 9.59 Å². The van der Waals surface area contributed by atoms with E-state index in [1.165, 1.54) is 12.3 Å². The third-order valence-corrected chi connectivity index (χ3v) is 2.23. The first-order chi connectivity index (χ1) is 7.81. The molecule has 0 aliphatic rings. The molecular formula is C13H10O3. The second kappa shape index (κ2) is 4.57. The quantitative estimate of drug-likeness (QED) is 0.737. The van der Waals surface area contributed by atoms with E-state index in [0.717, 1.165) is 11.8 Å². The second-order valence-corrected chi connectivity index (χ2v) is 3.35. The van der Waals surface area contributed by atoms with Crippen molar-refractivity contribution in [3.05, 3.63) is 52.4 Å². The number of benzene rings is 1. The van der Waals surface area contributed by atoms with Crippen molar-refractivity contribution >= 4 is 23.3 Å². The van der Waals surface area contributed by atoms with Crippen LogP contribution in [-0.2, 0) is 4.79 Å². The van der Waals surface area contributed by atoms with Gasteiger partial charge in [0.05, 0.1) is 11.6 Å². The number of aldehydes is 1. The average Bonchev–Trinajstić information content (AvgIpc) is 2.30. The Kier molecular flexibility index (Phi) is 2.96. The molecule has 0 N–H and O–H groups in total. The Morgan fingerprint density at radius 1 is 1.25 bits per heavy atom. The molecule has 0 radical (unpaired) electrons. The van der Waals surface area contributed by atoms with Crippen LogP contribution in [0.2, 0.25) is 0 Å². The van der Waals surface area contributed by atoms with Crippen molar-refractivity contribution in [1.29, 1.82) is 0 Å². The maximum atomic E-state index is 11.5. The highest BCUT2D eigenvalue weighted by Gasteiger charge is 1.99. The minimum atomic E-state index is -0.0631. The highest BCUT2D eigenvalue weighted by molar-refractivity contribution is 5.79. The lowest BCUT2D eigenvalue weighted by Crippen LogP contribution is -1.97. The van der Waals surface area contributed by atoms with Crippen LogP contribution in [0.3, 0.4) is 0 Å². The fourth-order valence-corrected chi connectivity index (χ4v) is 1.47. The molecular weight excluding hydrogens is 204 g/mol. The number of fused-ring (bicyclic) bond motifs is 1. The summed E-state index contributed by atoms with van der Waals surface area (Å²) in [5.74, 6) is 0. The summed E-state index contributed by atoms with van der Waals surface area (Å²) < 4.78 is 5.19. The Hall–Kier alpha value is -2.16. The lowest BCUT2D eigenvalue weighted by Gasteiger charge is -1.97. The monoisotopic (exact) mass is 214 g/mol. The molecule has 0 saturated carbocycles. The number of rotatable bonds is 3. The van der Waals surface area contributed by atoms with E-state index >= 15 is 0 Å². The molecule has 0 aliphatic heterocycles. The molecule has 2 aromatic rings. The Morgan fingerprint density at radius 2 is 2.12 bits per heavy atom. The Labute approximate surface area is 92.0 Å². The maximum Gasteiger partial charge on any atom is 0.192 e. The number of carbonyl (C=O) groups excluding carboxylic acids is 1. The summed E-state index contributed by atoms with van der Waals surface area (Å²) in [6.07, 6.45) is 6.14. The van der Waals surface area contributed by atoms with E-state index in [4.69, 9.17) is 4.42 Å². The summed E-state index contributed by atoms with van der Waals surface area (Å²) in [6.45, 7) is 0. The van der Waals surface area contributed by atoms with Crippen LogP contribution in [-0.4, -0.2) is 6.29 Å². The Bertz CT molecular complexity index is 593. The van der Waals surface area contributed by atoms with Crippen molar-refractivity contribution in [1.82, 2.24) is 0 Å². The lowest BCUT2D eigenvalue weighted by atomic mass is 10.1. The standard InChI is InChI=1S/C13H10O3/c14-7-2-1-3-10-4-5-13-11(9-10)12(15)6-8-16-13/h1,3-9H,2H2. The number of hydrogen-bond donors (Lipinski definition) is 0. The summed E-state index contributed by atoms with van der Waals surface area (Å²) in [7, 11) is 0. The third-order valence-electron chi connectivity index (χ3n) is 2.23. The van der Waals surface area contributed by atoms with Crippen molar-refractivity contribution in [2.45, 2.75) is 6.42 Å². The van der Waals surface area contributed by atoms with E-state index in [-0.39, 0.29) is 5.43 Å². The van der Waals surface area contributed by atoms with Crippen LogP contribution in [0.1, 0.15) is 12.0 Å². The van der Waals surface area contributed by atoms with Crippen molar-refractivity contribution in [2.24, 2.45) is 0 Å². The zero-order chi connectivity index (χ0) is 11.4. The molecule has 1 heterocycles. The zero-order valence-corrected chi connectivity index (χ0v) is 8.55. The highest BCUT2D eigenvalue weighted by atomic mass is 16.3. The van der Waals surface area contributed by atoms with Gasteiger partial charge < -0.3 is 9.21 Å². The summed E-state index contributed by atoms with van der Waals surface area (Å²) in [5.41, 5.74) is 1.39. The van der Waals surface area contributed by atoms with Crippen LogP contribution in [0.15, 0.2) is 45.8 Å². The van der Waals surface area contributed by atoms with Crippen molar-refractivity contribution in [3.63, 3.8) is 0 Å². The molecule has 16 heavy (non-hydrogen) atoms. The maximum absolute atomic E-state index is 11.5. The van der Waals surface area contributed by atoms with Crippen LogP contribution >= 0.6 is 0 Å². The summed E-state index contributed by atoms with van der Waals surface area (Å²) in [4.78, 5) is 21.7. The average molecular weight is 214 g/mol. The van der Waals surface area contributed by atoms with Crippen LogP contribution in [0.5, 0.6) is 0 Å². The normalized spacial score (nSPS) is 11.0. The summed E-state index contributed by atoms with van der Waals surface area (Å²) in [5, 5.41) is 0.552. The van der Waals surface area contributed by atoms with E-state index < -0.39 is 0 Å². The van der Waals surface area contributed by atoms with Gasteiger partial charge in [-0.15, -0.1) is 0 Å². The SMILES string of the molecule is O=CCC=Cc1ccc2occc(=O)c2c1. The second-order valence-electron chi connectivity index (χ2n) is 3.35. The van der Waals surface area contributed by atoms with Crippen LogP contribution in [0, 0.1) is 0 Å². The molecule has 0 aliphatic carbocycles. The molecule has 3 heteroatoms. The van der Waals surface area contributed by atoms with E-state index in [0.29, 0.717) is 17.4 Å². The fraction of sp³-hybridized carbons (Fsp3) is 0.0769. The van der Waals surface area contributed by atoms with Crippen molar-refractivity contribution in [2.75, 3.05) is 0 Å². The molecule has 0 unspecified atom stereocenters. The van der Waals surface area contributed by atoms with Gasteiger partial charge in [0.2, 0.25) is 0 Å². The summed E-state index contributed by atoms with van der Waals surface area (Å²) in [6, 6.07) is 6.73. The van der Waals surface area contributed by atoms with E-state index in [2.05, 4.69) is 0 Å². The van der Waals surface area contributed by atoms with Crippen LogP contribution in [0.25, 0.3) is 17.0 Å². The highest BCUT2D eigenvalue weighted by Crippen LogP contribution is 2.13. The molecule has 0 fully saturated rings. The van der Waals surface area contributed by atoms with Gasteiger partial charge >= 0.3 is 0 Å². The van der Waals surface area contributed by atoms with Gasteiger partial charge in [0.15, 0.2) is 5.43 Å². The van der Waals surface area contributed by atoms with Gasteiger partial charge in [0.1, 0.15) is 11.9 Å². The predicted octanol–water partition coefficient (Wildman–Crippen LogP) is 2.40. The number of allylic oxidation sites excluding steroid dienone is 1. The number of carbonyl (C=O) groups is 1. The smallest absolute Gasteiger partial charge is 0.192 e. The molecule has 0 spiro atoms. The molecule has 1 aromatic carbocycles. The third kappa shape index (κ3) is 2.08. The van der Waals surface area contributed by atoms with Gasteiger partial charge in [-0.05, 0) is 17.7 Å². The molecule has 0 amide bonds. The molecule has 3 nitrogen and oxygen atoms in total. The first-order valence-electron chi connectivity index (χ1n) is 4.93. The molecule has 1 aromatic heterocycles. The van der Waals surface area contributed by atoms with Gasteiger partial charge in [-0.25, -0.2) is 0 Å². The minimum absolute atomic E-state index is 0.0631. The van der Waals surface area contributed by atoms with Gasteiger partial charge in [0.25, 0.3) is 0 Å². The van der Waals surface area contributed by atoms with Gasteiger partial charge in [-0.1, -0.05) is 18.2 Å². The number of hydrogen-bond acceptors (Lipinski definition) is 3. The van der Waals surface area contributed by atoms with E-state index in [1.807, 2.05) is 6.07 Å². The van der Waals surface area contributed by atoms with Gasteiger partial charge in [0, 0.05) is 12.5 Å². The zero-order valence-electron chi connectivity index (χ0n) is 8.55. The first kappa shape index (κ1) is 10.4. The lowest BCUT2D eigenvalue weighted by molar-refractivity contribution is -0.107. The van der Waals surface area contributed by atoms with E-state index in [1.54, 1.807) is 24.3 Å². The van der Waals surface area contributed by atoms with Gasteiger partial charge in [-0.3, -0.25) is 4.79 Å². The molecule has 2 rings (SSSR count). The molecule has 0 atom stereocenters. The largest absolute Gasteiger partial charge is 0.464 e. The van der Waals surface area contributed by atoms with Crippen LogP contribution in [0.4, 0.5) is 0 Å². The van der Waals surface area contributed by atoms with Crippen molar-refractivity contribution in [3.8, 4) is 0 Å². The molecule has 80 valence electrons. The Balaban J connectivity index is 2.47. The summed E-state index contributed by atoms with van der Waals surface area (Å²) >= 11 is 0. The topological polar surface area (TPSA) is 47.3 Å². The molecule has 0 bridgehead atoms. The Morgan fingerprint density at radius 3 is 2.94 bits per heavy atom. The fourth-order valence-electron chi connectivity index (χ4n) is 1.47. The molecule has 0 saturated heterocycles. The minimum Gasteiger partial charge on any atom is -0.464 e. The van der Waals surface area contributed by atoms with Crippen LogP contribution < -0.4 is 5.43 Å².